The molecule has 0 aromatic heterocycles. The number of hydrogen-bond acceptors (Lipinski definition) is 2. The van der Waals surface area contributed by atoms with Gasteiger partial charge in [-0.25, -0.2) is 0 Å². The summed E-state index contributed by atoms with van der Waals surface area (Å²) in [5.74, 6) is -0.280. The second-order valence-electron chi connectivity index (χ2n) is 2.31. The molecule has 0 rings (SSSR count). The molecule has 0 aliphatic heterocycles. The van der Waals surface area contributed by atoms with Crippen LogP contribution < -0.4 is 0 Å². The van der Waals surface area contributed by atoms with Crippen molar-refractivity contribution in [1.82, 2.24) is 0 Å². The molecule has 0 fully saturated rings. The zero-order valence-corrected chi connectivity index (χ0v) is 6.55. The van der Waals surface area contributed by atoms with Crippen molar-refractivity contribution in [2.45, 2.75) is 32.3 Å². The second-order valence-corrected chi connectivity index (χ2v) is 2.31. The number of aliphatic hydroxyl groups is 1. The first-order chi connectivity index (χ1) is 4.60. The first-order valence-corrected chi connectivity index (χ1v) is 3.50. The van der Waals surface area contributed by atoms with Gasteiger partial charge in [0.1, 0.15) is 5.60 Å². The van der Waals surface area contributed by atoms with Crippen LogP contribution in [-0.4, -0.2) is 16.5 Å². The van der Waals surface area contributed by atoms with E-state index in [4.69, 9.17) is 0 Å². The fraction of sp³-hybridized carbons (Fsp3) is 0.625. The molecule has 2 nitrogen and oxygen atoms in total. The quantitative estimate of drug-likeness (QED) is 0.600. The van der Waals surface area contributed by atoms with E-state index in [0.717, 1.165) is 0 Å². The number of rotatable bonds is 4. The second kappa shape index (κ2) is 3.52. The Morgan fingerprint density at radius 2 is 2.00 bits per heavy atom. The molecule has 0 atom stereocenters. The van der Waals surface area contributed by atoms with E-state index in [0.29, 0.717) is 12.8 Å². The molecule has 0 bridgehead atoms. The van der Waals surface area contributed by atoms with Crippen molar-refractivity contribution in [3.63, 3.8) is 0 Å². The summed E-state index contributed by atoms with van der Waals surface area (Å²) in [6.07, 6.45) is 2.08. The molecule has 10 heavy (non-hydrogen) atoms. The minimum atomic E-state index is -1.16. The van der Waals surface area contributed by atoms with Crippen LogP contribution in [0.3, 0.4) is 0 Å². The molecule has 0 heterocycles. The molecule has 0 saturated heterocycles. The van der Waals surface area contributed by atoms with Gasteiger partial charge in [0.05, 0.1) is 0 Å². The van der Waals surface area contributed by atoms with E-state index in [9.17, 15) is 9.90 Å². The molecule has 0 aromatic carbocycles. The predicted molar refractivity (Wildman–Crippen MR) is 40.7 cm³/mol. The molecule has 58 valence electrons. The Morgan fingerprint density at radius 1 is 1.60 bits per heavy atom. The highest BCUT2D eigenvalue weighted by Gasteiger charge is 2.28. The average molecular weight is 142 g/mol. The first kappa shape index (κ1) is 9.37. The molecular formula is C8H14O2. The highest BCUT2D eigenvalue weighted by molar-refractivity contribution is 5.96. The van der Waals surface area contributed by atoms with Crippen LogP contribution in [0.4, 0.5) is 0 Å². The van der Waals surface area contributed by atoms with Crippen LogP contribution in [0.5, 0.6) is 0 Å². The number of ketones is 1. The van der Waals surface area contributed by atoms with Gasteiger partial charge in [0.25, 0.3) is 0 Å². The zero-order valence-electron chi connectivity index (χ0n) is 6.55. The van der Waals surface area contributed by atoms with E-state index in [1.165, 1.54) is 6.08 Å². The third-order valence-corrected chi connectivity index (χ3v) is 1.81. The van der Waals surface area contributed by atoms with Gasteiger partial charge < -0.3 is 5.11 Å². The fourth-order valence-corrected chi connectivity index (χ4v) is 0.788. The van der Waals surface area contributed by atoms with Crippen LogP contribution in [0.25, 0.3) is 0 Å². The summed E-state index contributed by atoms with van der Waals surface area (Å²) in [6, 6.07) is 0. The van der Waals surface area contributed by atoms with Crippen LogP contribution in [0.1, 0.15) is 26.7 Å². The Labute approximate surface area is 61.6 Å². The molecule has 0 aliphatic rings. The molecule has 0 aromatic rings. The SMILES string of the molecule is C=CC(=O)C(O)(CC)CC. The summed E-state index contributed by atoms with van der Waals surface area (Å²) in [6.45, 7) is 6.88. The summed E-state index contributed by atoms with van der Waals surface area (Å²) in [5, 5.41) is 9.48. The summed E-state index contributed by atoms with van der Waals surface area (Å²) in [5.41, 5.74) is -1.16. The Kier molecular flexibility index (Phi) is 3.30. The Morgan fingerprint density at radius 3 is 2.10 bits per heavy atom. The number of carbonyl (C=O) groups is 1. The smallest absolute Gasteiger partial charge is 0.186 e. The van der Waals surface area contributed by atoms with Crippen LogP contribution in [0.2, 0.25) is 0 Å². The lowest BCUT2D eigenvalue weighted by atomic mass is 9.92. The Bertz CT molecular complexity index is 134. The maximum absolute atomic E-state index is 10.9. The lowest BCUT2D eigenvalue weighted by molar-refractivity contribution is -0.132. The van der Waals surface area contributed by atoms with Crippen molar-refractivity contribution >= 4 is 5.78 Å². The third kappa shape index (κ3) is 1.67. The predicted octanol–water partition coefficient (Wildman–Crippen LogP) is 1.29. The highest BCUT2D eigenvalue weighted by Crippen LogP contribution is 2.15. The maximum Gasteiger partial charge on any atom is 0.186 e. The molecular weight excluding hydrogens is 128 g/mol. The highest BCUT2D eigenvalue weighted by atomic mass is 16.3. The maximum atomic E-state index is 10.9. The van der Waals surface area contributed by atoms with Crippen molar-refractivity contribution < 1.29 is 9.90 Å². The van der Waals surface area contributed by atoms with E-state index in [1.807, 2.05) is 0 Å². The molecule has 0 amide bonds. The van der Waals surface area contributed by atoms with E-state index in [1.54, 1.807) is 13.8 Å². The van der Waals surface area contributed by atoms with Crippen LogP contribution in [0, 0.1) is 0 Å². The molecule has 2 heteroatoms. The van der Waals surface area contributed by atoms with Gasteiger partial charge >= 0.3 is 0 Å². The molecule has 0 saturated carbocycles. The van der Waals surface area contributed by atoms with Gasteiger partial charge in [-0.15, -0.1) is 0 Å². The monoisotopic (exact) mass is 142 g/mol. The molecule has 0 spiro atoms. The first-order valence-electron chi connectivity index (χ1n) is 3.50. The van der Waals surface area contributed by atoms with Gasteiger partial charge in [-0.2, -0.15) is 0 Å². The lowest BCUT2D eigenvalue weighted by Gasteiger charge is -2.20. The summed E-state index contributed by atoms with van der Waals surface area (Å²) < 4.78 is 0. The van der Waals surface area contributed by atoms with Gasteiger partial charge in [-0.3, -0.25) is 4.79 Å². The van der Waals surface area contributed by atoms with Gasteiger partial charge in [0, 0.05) is 0 Å². The number of carbonyl (C=O) groups excluding carboxylic acids is 1. The normalized spacial score (nSPS) is 11.1. The van der Waals surface area contributed by atoms with Gasteiger partial charge in [-0.05, 0) is 18.9 Å². The van der Waals surface area contributed by atoms with Crippen LogP contribution in [-0.2, 0) is 4.79 Å². The summed E-state index contributed by atoms with van der Waals surface area (Å²) in [4.78, 5) is 10.9. The van der Waals surface area contributed by atoms with Crippen molar-refractivity contribution in [1.29, 1.82) is 0 Å². The van der Waals surface area contributed by atoms with E-state index in [-0.39, 0.29) is 5.78 Å². The van der Waals surface area contributed by atoms with Crippen molar-refractivity contribution in [2.75, 3.05) is 0 Å². The number of hydrogen-bond donors (Lipinski definition) is 1. The van der Waals surface area contributed by atoms with Gasteiger partial charge in [0.2, 0.25) is 0 Å². The summed E-state index contributed by atoms with van der Waals surface area (Å²) in [7, 11) is 0. The van der Waals surface area contributed by atoms with E-state index >= 15 is 0 Å². The zero-order chi connectivity index (χ0) is 8.20. The molecule has 0 aliphatic carbocycles. The minimum Gasteiger partial charge on any atom is -0.382 e. The van der Waals surface area contributed by atoms with Crippen LogP contribution in [0.15, 0.2) is 12.7 Å². The Hall–Kier alpha value is -0.630. The van der Waals surface area contributed by atoms with Crippen LogP contribution >= 0.6 is 0 Å². The average Bonchev–Trinajstić information content (AvgIpc) is 2.01. The fourth-order valence-electron chi connectivity index (χ4n) is 0.788. The van der Waals surface area contributed by atoms with Crippen molar-refractivity contribution in [2.24, 2.45) is 0 Å². The third-order valence-electron chi connectivity index (χ3n) is 1.81. The van der Waals surface area contributed by atoms with Crippen molar-refractivity contribution in [3.05, 3.63) is 12.7 Å². The summed E-state index contributed by atoms with van der Waals surface area (Å²) >= 11 is 0. The van der Waals surface area contributed by atoms with E-state index < -0.39 is 5.60 Å². The van der Waals surface area contributed by atoms with E-state index in [2.05, 4.69) is 6.58 Å². The van der Waals surface area contributed by atoms with Gasteiger partial charge in [-0.1, -0.05) is 20.4 Å². The lowest BCUT2D eigenvalue weighted by Crippen LogP contribution is -2.35. The van der Waals surface area contributed by atoms with Crippen molar-refractivity contribution in [3.8, 4) is 0 Å². The molecule has 0 radical (unpaired) electrons. The largest absolute Gasteiger partial charge is 0.382 e. The molecule has 0 unspecified atom stereocenters. The standard InChI is InChI=1S/C8H14O2/c1-4-7(9)8(10,5-2)6-3/h4,10H,1,5-6H2,2-3H3. The molecule has 1 N–H and O–H groups in total. The van der Waals surface area contributed by atoms with Gasteiger partial charge in [0.15, 0.2) is 5.78 Å². The minimum absolute atomic E-state index is 0.280. The Balaban J connectivity index is 4.31. The topological polar surface area (TPSA) is 37.3 Å².